The van der Waals surface area contributed by atoms with Crippen molar-refractivity contribution in [2.45, 2.75) is 26.0 Å². The molecule has 1 rings (SSSR count). The van der Waals surface area contributed by atoms with Gasteiger partial charge in [-0.15, -0.1) is 22.0 Å². The van der Waals surface area contributed by atoms with E-state index in [1.165, 1.54) is 23.1 Å². The Labute approximate surface area is 114 Å². The van der Waals surface area contributed by atoms with Crippen molar-refractivity contribution in [3.63, 3.8) is 0 Å². The molecule has 0 saturated carbocycles. The van der Waals surface area contributed by atoms with Crippen LogP contribution in [0, 0.1) is 6.92 Å². The molecular formula is C10H15N3O3S2. The first-order valence-corrected chi connectivity index (χ1v) is 7.27. The van der Waals surface area contributed by atoms with Crippen molar-refractivity contribution in [3.05, 3.63) is 5.01 Å². The molecule has 0 spiro atoms. The van der Waals surface area contributed by atoms with Gasteiger partial charge in [-0.2, -0.15) is 0 Å². The van der Waals surface area contributed by atoms with E-state index in [0.29, 0.717) is 11.7 Å². The highest BCUT2D eigenvalue weighted by Crippen LogP contribution is 2.17. The lowest BCUT2D eigenvalue weighted by atomic mass is 10.4. The molecule has 1 aromatic heterocycles. The molecule has 0 unspecified atom stereocenters. The molecule has 100 valence electrons. The fourth-order valence-corrected chi connectivity index (χ4v) is 2.30. The van der Waals surface area contributed by atoms with Crippen LogP contribution in [0.25, 0.3) is 0 Å². The molecule has 0 fully saturated rings. The standard InChI is InChI=1S/C10H15N3O3S2/c1-4-16-8(14)5-17-6(2)9(15)11-10-13-12-7(3)18-10/h6H,4-5H2,1-3H3,(H,11,13,15)/t6-/m1/s1. The van der Waals surface area contributed by atoms with Gasteiger partial charge in [0.25, 0.3) is 0 Å². The van der Waals surface area contributed by atoms with Gasteiger partial charge in [-0.25, -0.2) is 0 Å². The predicted molar refractivity (Wildman–Crippen MR) is 71.8 cm³/mol. The SMILES string of the molecule is CCOC(=O)CS[C@H](C)C(=O)Nc1nnc(C)s1. The smallest absolute Gasteiger partial charge is 0.315 e. The molecule has 0 saturated heterocycles. The molecular weight excluding hydrogens is 274 g/mol. The molecule has 1 aromatic rings. The molecule has 18 heavy (non-hydrogen) atoms. The molecule has 0 bridgehead atoms. The van der Waals surface area contributed by atoms with E-state index in [1.54, 1.807) is 13.8 Å². The number of hydrogen-bond acceptors (Lipinski definition) is 7. The van der Waals surface area contributed by atoms with Gasteiger partial charge in [0.05, 0.1) is 17.6 Å². The predicted octanol–water partition coefficient (Wildman–Crippen LogP) is 1.47. The Morgan fingerprint density at radius 3 is 2.78 bits per heavy atom. The van der Waals surface area contributed by atoms with E-state index in [4.69, 9.17) is 4.74 Å². The van der Waals surface area contributed by atoms with Crippen LogP contribution in [0.15, 0.2) is 0 Å². The van der Waals surface area contributed by atoms with Crippen LogP contribution in [0.1, 0.15) is 18.9 Å². The zero-order chi connectivity index (χ0) is 13.5. The Bertz CT molecular complexity index is 422. The number of amides is 1. The summed E-state index contributed by atoms with van der Waals surface area (Å²) in [7, 11) is 0. The highest BCUT2D eigenvalue weighted by Gasteiger charge is 2.17. The van der Waals surface area contributed by atoms with Gasteiger partial charge in [0.2, 0.25) is 11.0 Å². The Hall–Kier alpha value is -1.15. The summed E-state index contributed by atoms with van der Waals surface area (Å²) >= 11 is 2.54. The van der Waals surface area contributed by atoms with E-state index in [1.807, 2.05) is 6.92 Å². The van der Waals surface area contributed by atoms with Crippen molar-refractivity contribution in [2.24, 2.45) is 0 Å². The third-order valence-electron chi connectivity index (χ3n) is 1.88. The van der Waals surface area contributed by atoms with E-state index in [2.05, 4.69) is 15.5 Å². The Balaban J connectivity index is 2.35. The van der Waals surface area contributed by atoms with Gasteiger partial charge < -0.3 is 4.74 Å². The molecule has 1 amide bonds. The second-order valence-corrected chi connectivity index (χ2v) is 5.88. The van der Waals surface area contributed by atoms with Crippen molar-refractivity contribution in [2.75, 3.05) is 17.7 Å². The Kier molecular flexibility index (Phi) is 6.06. The van der Waals surface area contributed by atoms with Gasteiger partial charge in [0.15, 0.2) is 0 Å². The number of nitrogens with one attached hydrogen (secondary N) is 1. The van der Waals surface area contributed by atoms with Gasteiger partial charge in [-0.3, -0.25) is 14.9 Å². The van der Waals surface area contributed by atoms with Crippen LogP contribution in [-0.2, 0) is 14.3 Å². The number of aryl methyl sites for hydroxylation is 1. The van der Waals surface area contributed by atoms with E-state index in [0.717, 1.165) is 5.01 Å². The second-order valence-electron chi connectivity index (χ2n) is 3.37. The van der Waals surface area contributed by atoms with E-state index in [9.17, 15) is 9.59 Å². The first-order valence-electron chi connectivity index (χ1n) is 5.41. The summed E-state index contributed by atoms with van der Waals surface area (Å²) in [5.74, 6) is -0.341. The first-order chi connectivity index (χ1) is 8.52. The molecule has 0 aliphatic carbocycles. The fourth-order valence-electron chi connectivity index (χ4n) is 1.03. The highest BCUT2D eigenvalue weighted by atomic mass is 32.2. The molecule has 0 aromatic carbocycles. The van der Waals surface area contributed by atoms with E-state index < -0.39 is 0 Å². The van der Waals surface area contributed by atoms with Crippen LogP contribution in [0.2, 0.25) is 0 Å². The lowest BCUT2D eigenvalue weighted by molar-refractivity contribution is -0.139. The molecule has 0 aliphatic heterocycles. The number of esters is 1. The van der Waals surface area contributed by atoms with Crippen molar-refractivity contribution in [1.29, 1.82) is 0 Å². The second kappa shape index (κ2) is 7.32. The number of hydrogen-bond donors (Lipinski definition) is 1. The number of ether oxygens (including phenoxy) is 1. The van der Waals surface area contributed by atoms with Crippen molar-refractivity contribution >= 4 is 40.1 Å². The maximum Gasteiger partial charge on any atom is 0.315 e. The minimum Gasteiger partial charge on any atom is -0.465 e. The van der Waals surface area contributed by atoms with Crippen LogP contribution < -0.4 is 5.32 Å². The zero-order valence-electron chi connectivity index (χ0n) is 10.4. The van der Waals surface area contributed by atoms with Gasteiger partial charge >= 0.3 is 5.97 Å². The largest absolute Gasteiger partial charge is 0.465 e. The molecule has 0 radical (unpaired) electrons. The lowest BCUT2D eigenvalue weighted by Gasteiger charge is -2.09. The molecule has 1 N–H and O–H groups in total. The quantitative estimate of drug-likeness (QED) is 0.799. The fraction of sp³-hybridized carbons (Fsp3) is 0.600. The van der Waals surface area contributed by atoms with E-state index >= 15 is 0 Å². The zero-order valence-corrected chi connectivity index (χ0v) is 12.1. The summed E-state index contributed by atoms with van der Waals surface area (Å²) in [6, 6.07) is 0. The van der Waals surface area contributed by atoms with Crippen LogP contribution >= 0.6 is 23.1 Å². The van der Waals surface area contributed by atoms with Crippen molar-refractivity contribution in [1.82, 2.24) is 10.2 Å². The van der Waals surface area contributed by atoms with Crippen molar-refractivity contribution in [3.8, 4) is 0 Å². The summed E-state index contributed by atoms with van der Waals surface area (Å²) < 4.78 is 4.78. The van der Waals surface area contributed by atoms with Gasteiger partial charge in [-0.1, -0.05) is 11.3 Å². The maximum atomic E-state index is 11.7. The van der Waals surface area contributed by atoms with Crippen LogP contribution in [0.5, 0.6) is 0 Å². The Morgan fingerprint density at radius 2 is 2.22 bits per heavy atom. The summed E-state index contributed by atoms with van der Waals surface area (Å²) in [5.41, 5.74) is 0. The number of rotatable bonds is 6. The maximum absolute atomic E-state index is 11.7. The van der Waals surface area contributed by atoms with Crippen molar-refractivity contribution < 1.29 is 14.3 Å². The molecule has 1 atom stereocenters. The average molecular weight is 289 g/mol. The summed E-state index contributed by atoms with van der Waals surface area (Å²) in [4.78, 5) is 22.9. The number of carbonyl (C=O) groups excluding carboxylic acids is 2. The molecule has 6 nitrogen and oxygen atoms in total. The summed E-state index contributed by atoms with van der Waals surface area (Å²) in [6.07, 6.45) is 0. The number of aromatic nitrogens is 2. The van der Waals surface area contributed by atoms with Crippen LogP contribution in [0.4, 0.5) is 5.13 Å². The third-order valence-corrected chi connectivity index (χ3v) is 3.75. The highest BCUT2D eigenvalue weighted by molar-refractivity contribution is 8.01. The number of anilines is 1. The third kappa shape index (κ3) is 5.01. The summed E-state index contributed by atoms with van der Waals surface area (Å²) in [5, 5.41) is 11.2. The minimum atomic E-state index is -0.349. The first kappa shape index (κ1) is 14.9. The van der Waals surface area contributed by atoms with Gasteiger partial charge in [0.1, 0.15) is 5.01 Å². The van der Waals surface area contributed by atoms with Gasteiger partial charge in [-0.05, 0) is 20.8 Å². The Morgan fingerprint density at radius 1 is 1.50 bits per heavy atom. The summed E-state index contributed by atoms with van der Waals surface area (Å²) in [6.45, 7) is 5.64. The normalized spacial score (nSPS) is 11.9. The molecule has 1 heterocycles. The molecule has 8 heteroatoms. The van der Waals surface area contributed by atoms with Crippen LogP contribution in [0.3, 0.4) is 0 Å². The number of nitrogens with zero attached hydrogens (tertiary/aromatic N) is 2. The monoisotopic (exact) mass is 289 g/mol. The van der Waals surface area contributed by atoms with Crippen LogP contribution in [-0.4, -0.2) is 39.7 Å². The number of thioether (sulfide) groups is 1. The van der Waals surface area contributed by atoms with Gasteiger partial charge in [0, 0.05) is 0 Å². The minimum absolute atomic E-state index is 0.164. The number of carbonyl (C=O) groups is 2. The lowest BCUT2D eigenvalue weighted by Crippen LogP contribution is -2.24. The molecule has 0 aliphatic rings. The van der Waals surface area contributed by atoms with E-state index in [-0.39, 0.29) is 22.9 Å². The topological polar surface area (TPSA) is 81.2 Å². The average Bonchev–Trinajstić information content (AvgIpc) is 2.72.